The molecule has 0 saturated heterocycles. The highest BCUT2D eigenvalue weighted by Gasteiger charge is 2.24. The summed E-state index contributed by atoms with van der Waals surface area (Å²) in [6, 6.07) is 6.36. The first kappa shape index (κ1) is 18.8. The van der Waals surface area contributed by atoms with Gasteiger partial charge in [0, 0.05) is 16.7 Å². The molecule has 0 N–H and O–H groups in total. The molecule has 2 aliphatic rings. The van der Waals surface area contributed by atoms with Crippen molar-refractivity contribution in [2.45, 2.75) is 17.1 Å². The summed E-state index contributed by atoms with van der Waals surface area (Å²) < 4.78 is 0. The molecule has 2 heterocycles. The van der Waals surface area contributed by atoms with Crippen LogP contribution in [0.5, 0.6) is 0 Å². The second-order valence-corrected chi connectivity index (χ2v) is 7.24. The fraction of sp³-hybridized carbons (Fsp3) is 0.0870. The van der Waals surface area contributed by atoms with E-state index in [1.54, 1.807) is 17.8 Å². The molecule has 4 heteroatoms. The van der Waals surface area contributed by atoms with Crippen LogP contribution in [0.1, 0.15) is 23.3 Å². The molecule has 0 radical (unpaired) electrons. The second-order valence-electron chi connectivity index (χ2n) is 6.06. The zero-order chi connectivity index (χ0) is 19.4. The van der Waals surface area contributed by atoms with Crippen molar-refractivity contribution >= 4 is 35.2 Å². The summed E-state index contributed by atoms with van der Waals surface area (Å²) in [4.78, 5) is 15.1. The van der Waals surface area contributed by atoms with E-state index in [2.05, 4.69) is 59.5 Å². The lowest BCUT2D eigenvalue weighted by molar-refractivity contribution is 1.30. The first-order valence-corrected chi connectivity index (χ1v) is 9.42. The number of rotatable bonds is 6. The van der Waals surface area contributed by atoms with Crippen molar-refractivity contribution in [3.8, 4) is 0 Å². The van der Waals surface area contributed by atoms with Crippen molar-refractivity contribution in [1.29, 1.82) is 0 Å². The van der Waals surface area contributed by atoms with Crippen molar-refractivity contribution in [1.82, 2.24) is 0 Å². The molecule has 0 spiro atoms. The minimum Gasteiger partial charge on any atom is -0.246 e. The summed E-state index contributed by atoms with van der Waals surface area (Å²) in [5.74, 6) is 0.500. The van der Waals surface area contributed by atoms with Crippen LogP contribution in [0, 0.1) is 0 Å². The Kier molecular flexibility index (Phi) is 5.67. The van der Waals surface area contributed by atoms with E-state index in [4.69, 9.17) is 0 Å². The molecule has 2 aliphatic heterocycles. The normalized spacial score (nSPS) is 21.7. The van der Waals surface area contributed by atoms with Crippen LogP contribution in [0.15, 0.2) is 106 Å². The number of hydrogen-bond acceptors (Lipinski definition) is 4. The summed E-state index contributed by atoms with van der Waals surface area (Å²) in [7, 11) is 0. The smallest absolute Gasteiger partial charge is 0.178 e. The van der Waals surface area contributed by atoms with Crippen molar-refractivity contribution in [2.24, 2.45) is 15.0 Å². The van der Waals surface area contributed by atoms with Crippen molar-refractivity contribution in [2.75, 3.05) is 0 Å². The Hall–Kier alpha value is -2.98. The van der Waals surface area contributed by atoms with Gasteiger partial charge in [-0.15, -0.1) is 11.8 Å². The molecule has 0 amide bonds. The summed E-state index contributed by atoms with van der Waals surface area (Å²) in [5, 5.41) is 0.178. The fourth-order valence-electron chi connectivity index (χ4n) is 2.65. The topological polar surface area (TPSA) is 37.1 Å². The average Bonchev–Trinajstić information content (AvgIpc) is 3.00. The van der Waals surface area contributed by atoms with Gasteiger partial charge in [0.15, 0.2) is 5.84 Å². The van der Waals surface area contributed by atoms with Gasteiger partial charge in [-0.3, -0.25) is 0 Å². The Balaban J connectivity index is 2.07. The van der Waals surface area contributed by atoms with Gasteiger partial charge in [-0.05, 0) is 36.3 Å². The maximum atomic E-state index is 4.68. The van der Waals surface area contributed by atoms with Gasteiger partial charge >= 0.3 is 0 Å². The van der Waals surface area contributed by atoms with Gasteiger partial charge in [-0.1, -0.05) is 56.7 Å². The lowest BCUT2D eigenvalue weighted by atomic mass is 10.1. The van der Waals surface area contributed by atoms with Crippen LogP contribution in [0.25, 0.3) is 5.70 Å². The molecule has 1 aromatic rings. The van der Waals surface area contributed by atoms with Gasteiger partial charge in [0.2, 0.25) is 0 Å². The van der Waals surface area contributed by atoms with Gasteiger partial charge in [0.1, 0.15) is 5.71 Å². The Bertz CT molecular complexity index is 987. The van der Waals surface area contributed by atoms with E-state index in [1.807, 2.05) is 37.4 Å². The van der Waals surface area contributed by atoms with Gasteiger partial charge < -0.3 is 0 Å². The van der Waals surface area contributed by atoms with Crippen LogP contribution < -0.4 is 0 Å². The number of thioether (sulfide) groups is 1. The molecule has 1 unspecified atom stereocenters. The number of hydrogen-bond donors (Lipinski definition) is 0. The summed E-state index contributed by atoms with van der Waals surface area (Å²) in [6.07, 6.45) is 11.0. The van der Waals surface area contributed by atoms with E-state index >= 15 is 0 Å². The Morgan fingerprint density at radius 1 is 1.22 bits per heavy atom. The summed E-state index contributed by atoms with van der Waals surface area (Å²) in [5.41, 5.74) is 4.92. The van der Waals surface area contributed by atoms with Crippen LogP contribution in [-0.2, 0) is 0 Å². The average molecular weight is 372 g/mol. The highest BCUT2D eigenvalue weighted by Crippen LogP contribution is 2.46. The third kappa shape index (κ3) is 4.23. The zero-order valence-corrected chi connectivity index (χ0v) is 16.2. The SMILES string of the molecule is C=CC(=C)\C=C/C(=N\C(=C)/C=C\C)C1=N/C(=C)c2ccc3cc2SC3/C=N\1. The molecule has 0 saturated carbocycles. The zero-order valence-electron chi connectivity index (χ0n) is 15.4. The molecule has 1 aromatic carbocycles. The van der Waals surface area contributed by atoms with E-state index < -0.39 is 0 Å². The third-order valence-corrected chi connectivity index (χ3v) is 5.28. The molecule has 3 rings (SSSR count). The minimum absolute atomic E-state index is 0.178. The number of aliphatic imine (C=N–C) groups is 3. The number of benzene rings is 1. The molecule has 3 nitrogen and oxygen atoms in total. The Labute approximate surface area is 164 Å². The van der Waals surface area contributed by atoms with E-state index in [9.17, 15) is 0 Å². The van der Waals surface area contributed by atoms with E-state index in [-0.39, 0.29) is 5.25 Å². The van der Waals surface area contributed by atoms with E-state index in [0.717, 1.165) is 11.1 Å². The number of nitrogens with zero attached hydrogens (tertiary/aromatic N) is 3. The Morgan fingerprint density at radius 3 is 2.78 bits per heavy atom. The van der Waals surface area contributed by atoms with E-state index in [0.29, 0.717) is 22.9 Å². The van der Waals surface area contributed by atoms with Crippen LogP contribution in [0.2, 0.25) is 0 Å². The number of allylic oxidation sites excluding steroid dienone is 5. The van der Waals surface area contributed by atoms with Crippen LogP contribution in [-0.4, -0.2) is 17.8 Å². The standard InChI is InChI=1S/C23H21N3S/c1-6-8-16(4)25-20(12-9-15(3)7-2)23-24-14-22-18-10-11-19(17(5)26-23)21(13-18)27-22/h6-14,22H,2-5H2,1H3/b8-6-,12-9-,24-14-,25-20+,26-23-. The van der Waals surface area contributed by atoms with Crippen LogP contribution in [0.3, 0.4) is 0 Å². The molecule has 27 heavy (non-hydrogen) atoms. The summed E-state index contributed by atoms with van der Waals surface area (Å²) in [6.45, 7) is 17.7. The van der Waals surface area contributed by atoms with Crippen LogP contribution >= 0.6 is 11.8 Å². The monoisotopic (exact) mass is 371 g/mol. The molecule has 1 atom stereocenters. The highest BCUT2D eigenvalue weighted by molar-refractivity contribution is 8.00. The van der Waals surface area contributed by atoms with Crippen molar-refractivity contribution < 1.29 is 0 Å². The second kappa shape index (κ2) is 8.14. The highest BCUT2D eigenvalue weighted by atomic mass is 32.2. The van der Waals surface area contributed by atoms with Crippen molar-refractivity contribution in [3.05, 3.63) is 97.3 Å². The van der Waals surface area contributed by atoms with Gasteiger partial charge in [0.05, 0.1) is 16.6 Å². The third-order valence-electron chi connectivity index (χ3n) is 4.04. The fourth-order valence-corrected chi connectivity index (χ4v) is 3.85. The van der Waals surface area contributed by atoms with Gasteiger partial charge in [-0.2, -0.15) is 0 Å². The predicted octanol–water partition coefficient (Wildman–Crippen LogP) is 6.12. The Morgan fingerprint density at radius 2 is 2.04 bits per heavy atom. The van der Waals surface area contributed by atoms with Gasteiger partial charge in [-0.25, -0.2) is 15.0 Å². The summed E-state index contributed by atoms with van der Waals surface area (Å²) >= 11 is 1.77. The molecule has 134 valence electrons. The van der Waals surface area contributed by atoms with Crippen molar-refractivity contribution in [3.63, 3.8) is 0 Å². The van der Waals surface area contributed by atoms with Gasteiger partial charge in [0.25, 0.3) is 0 Å². The quantitative estimate of drug-likeness (QED) is 0.439. The van der Waals surface area contributed by atoms with E-state index in [1.165, 1.54) is 10.5 Å². The predicted molar refractivity (Wildman–Crippen MR) is 120 cm³/mol. The first-order valence-electron chi connectivity index (χ1n) is 8.54. The maximum Gasteiger partial charge on any atom is 0.178 e. The lowest BCUT2D eigenvalue weighted by Crippen LogP contribution is -2.11. The number of fused-ring (bicyclic) bond motifs is 3. The molecular formula is C23H21N3S. The molecule has 0 aromatic heterocycles. The molecular weight excluding hydrogens is 350 g/mol. The first-order chi connectivity index (χ1) is 13.0. The lowest BCUT2D eigenvalue weighted by Gasteiger charge is -2.07. The maximum absolute atomic E-state index is 4.68. The molecule has 0 fully saturated rings. The molecule has 0 aliphatic carbocycles. The number of amidine groups is 1. The largest absolute Gasteiger partial charge is 0.246 e. The molecule has 3 bridgehead atoms. The van der Waals surface area contributed by atoms with Crippen LogP contribution in [0.4, 0.5) is 0 Å². The minimum atomic E-state index is 0.178.